The molecule has 19 heavy (non-hydrogen) atoms. The van der Waals surface area contributed by atoms with Crippen molar-refractivity contribution in [2.45, 2.75) is 32.0 Å². The SMILES string of the molecule is CC(C)(Oc1ccc(Cl)cc1)C(=O)N1CC[C@@H](O)C1. The van der Waals surface area contributed by atoms with Crippen LogP contribution in [0.3, 0.4) is 0 Å². The number of amides is 1. The van der Waals surface area contributed by atoms with Crippen LogP contribution in [0.25, 0.3) is 0 Å². The van der Waals surface area contributed by atoms with Gasteiger partial charge in [-0.3, -0.25) is 4.79 Å². The molecule has 0 radical (unpaired) electrons. The van der Waals surface area contributed by atoms with E-state index in [0.29, 0.717) is 30.3 Å². The van der Waals surface area contributed by atoms with Gasteiger partial charge in [-0.2, -0.15) is 0 Å². The quantitative estimate of drug-likeness (QED) is 0.924. The molecule has 1 heterocycles. The fraction of sp³-hybridized carbons (Fsp3) is 0.500. The van der Waals surface area contributed by atoms with E-state index in [9.17, 15) is 9.90 Å². The van der Waals surface area contributed by atoms with Crippen LogP contribution in [0.2, 0.25) is 5.02 Å². The Morgan fingerprint density at radius 3 is 2.58 bits per heavy atom. The van der Waals surface area contributed by atoms with Crippen LogP contribution < -0.4 is 4.74 Å². The number of carbonyl (C=O) groups is 1. The third kappa shape index (κ3) is 3.39. The second-order valence-corrected chi connectivity index (χ2v) is 5.70. The summed E-state index contributed by atoms with van der Waals surface area (Å²) in [6, 6.07) is 6.90. The summed E-state index contributed by atoms with van der Waals surface area (Å²) >= 11 is 5.81. The minimum Gasteiger partial charge on any atom is -0.478 e. The van der Waals surface area contributed by atoms with Crippen LogP contribution in [-0.4, -0.2) is 40.7 Å². The molecule has 0 aliphatic carbocycles. The van der Waals surface area contributed by atoms with E-state index in [4.69, 9.17) is 16.3 Å². The fourth-order valence-electron chi connectivity index (χ4n) is 2.15. The van der Waals surface area contributed by atoms with Crippen molar-refractivity contribution in [3.05, 3.63) is 29.3 Å². The summed E-state index contributed by atoms with van der Waals surface area (Å²) in [5.41, 5.74) is -0.960. The Hall–Kier alpha value is -1.26. The van der Waals surface area contributed by atoms with Crippen LogP contribution in [0, 0.1) is 0 Å². The van der Waals surface area contributed by atoms with Crippen LogP contribution >= 0.6 is 11.6 Å². The zero-order chi connectivity index (χ0) is 14.0. The van der Waals surface area contributed by atoms with Crippen LogP contribution in [0.5, 0.6) is 5.75 Å². The van der Waals surface area contributed by atoms with Crippen molar-refractivity contribution < 1.29 is 14.6 Å². The molecule has 1 amide bonds. The summed E-state index contributed by atoms with van der Waals surface area (Å²) < 4.78 is 5.73. The third-order valence-corrected chi connectivity index (χ3v) is 3.40. The van der Waals surface area contributed by atoms with Crippen LogP contribution in [0.4, 0.5) is 0 Å². The van der Waals surface area contributed by atoms with Crippen molar-refractivity contribution in [1.29, 1.82) is 0 Å². The lowest BCUT2D eigenvalue weighted by molar-refractivity contribution is -0.144. The summed E-state index contributed by atoms with van der Waals surface area (Å²) in [6.07, 6.45) is 0.207. The first-order chi connectivity index (χ1) is 8.88. The zero-order valence-corrected chi connectivity index (χ0v) is 11.9. The molecule has 5 heteroatoms. The Morgan fingerprint density at radius 1 is 1.42 bits per heavy atom. The average molecular weight is 284 g/mol. The van der Waals surface area contributed by atoms with Gasteiger partial charge in [-0.1, -0.05) is 11.6 Å². The predicted molar refractivity (Wildman–Crippen MR) is 73.4 cm³/mol. The van der Waals surface area contributed by atoms with Gasteiger partial charge in [0.25, 0.3) is 5.91 Å². The van der Waals surface area contributed by atoms with Gasteiger partial charge in [0, 0.05) is 18.1 Å². The van der Waals surface area contributed by atoms with E-state index in [1.807, 2.05) is 0 Å². The number of nitrogens with zero attached hydrogens (tertiary/aromatic N) is 1. The maximum Gasteiger partial charge on any atom is 0.266 e. The second kappa shape index (κ2) is 5.39. The molecule has 1 saturated heterocycles. The van der Waals surface area contributed by atoms with Crippen LogP contribution in [-0.2, 0) is 4.79 Å². The highest BCUT2D eigenvalue weighted by Crippen LogP contribution is 2.23. The molecule has 4 nitrogen and oxygen atoms in total. The molecular weight excluding hydrogens is 266 g/mol. The lowest BCUT2D eigenvalue weighted by Gasteiger charge is -2.29. The number of halogens is 1. The highest BCUT2D eigenvalue weighted by atomic mass is 35.5. The molecule has 2 rings (SSSR count). The van der Waals surface area contributed by atoms with Gasteiger partial charge < -0.3 is 14.7 Å². The van der Waals surface area contributed by atoms with E-state index < -0.39 is 11.7 Å². The molecule has 1 aromatic carbocycles. The smallest absolute Gasteiger partial charge is 0.266 e. The molecule has 1 fully saturated rings. The van der Waals surface area contributed by atoms with E-state index in [0.717, 1.165) is 0 Å². The first-order valence-electron chi connectivity index (χ1n) is 6.30. The van der Waals surface area contributed by atoms with Crippen molar-refractivity contribution in [3.8, 4) is 5.75 Å². The van der Waals surface area contributed by atoms with Gasteiger partial charge in [-0.05, 0) is 44.5 Å². The first kappa shape index (κ1) is 14.2. The van der Waals surface area contributed by atoms with Gasteiger partial charge in [0.2, 0.25) is 0 Å². The Labute approximate surface area is 117 Å². The summed E-state index contributed by atoms with van der Waals surface area (Å²) in [5, 5.41) is 10.1. The number of hydrogen-bond acceptors (Lipinski definition) is 3. The molecule has 0 aromatic heterocycles. The van der Waals surface area contributed by atoms with Crippen molar-refractivity contribution in [2.24, 2.45) is 0 Å². The van der Waals surface area contributed by atoms with Crippen molar-refractivity contribution >= 4 is 17.5 Å². The van der Waals surface area contributed by atoms with Crippen LogP contribution in [0.1, 0.15) is 20.3 Å². The molecule has 1 aliphatic rings. The van der Waals surface area contributed by atoms with Crippen LogP contribution in [0.15, 0.2) is 24.3 Å². The average Bonchev–Trinajstić information content (AvgIpc) is 2.77. The molecule has 1 aliphatic heterocycles. The number of hydrogen-bond donors (Lipinski definition) is 1. The summed E-state index contributed by atoms with van der Waals surface area (Å²) in [6.45, 7) is 4.42. The Bertz CT molecular complexity index is 458. The first-order valence-corrected chi connectivity index (χ1v) is 6.68. The Kier molecular flexibility index (Phi) is 4.02. The van der Waals surface area contributed by atoms with E-state index in [-0.39, 0.29) is 5.91 Å². The fourth-order valence-corrected chi connectivity index (χ4v) is 2.27. The number of ether oxygens (including phenoxy) is 1. The van der Waals surface area contributed by atoms with E-state index >= 15 is 0 Å². The molecule has 1 aromatic rings. The molecule has 104 valence electrons. The monoisotopic (exact) mass is 283 g/mol. The van der Waals surface area contributed by atoms with Crippen molar-refractivity contribution in [2.75, 3.05) is 13.1 Å². The normalized spacial score (nSPS) is 19.6. The predicted octanol–water partition coefficient (Wildman–Crippen LogP) is 2.09. The molecule has 0 saturated carbocycles. The summed E-state index contributed by atoms with van der Waals surface area (Å²) in [7, 11) is 0. The van der Waals surface area contributed by atoms with Gasteiger partial charge in [0.1, 0.15) is 5.75 Å². The zero-order valence-electron chi connectivity index (χ0n) is 11.1. The Balaban J connectivity index is 2.05. The lowest BCUT2D eigenvalue weighted by Crippen LogP contribution is -2.48. The molecule has 1 atom stereocenters. The number of rotatable bonds is 3. The van der Waals surface area contributed by atoms with E-state index in [1.54, 1.807) is 43.0 Å². The highest BCUT2D eigenvalue weighted by molar-refractivity contribution is 6.30. The number of β-amino-alcohol motifs (C(OH)–C–C–N with tert-alkyl or cyclic N) is 1. The number of aliphatic hydroxyl groups excluding tert-OH is 1. The number of aliphatic hydroxyl groups is 1. The molecule has 0 bridgehead atoms. The minimum absolute atomic E-state index is 0.112. The lowest BCUT2D eigenvalue weighted by atomic mass is 10.1. The minimum atomic E-state index is -0.960. The Morgan fingerprint density at radius 2 is 2.05 bits per heavy atom. The summed E-state index contributed by atoms with van der Waals surface area (Å²) in [4.78, 5) is 14.0. The highest BCUT2D eigenvalue weighted by Gasteiger charge is 2.37. The van der Waals surface area contributed by atoms with Gasteiger partial charge in [-0.25, -0.2) is 0 Å². The number of benzene rings is 1. The van der Waals surface area contributed by atoms with Gasteiger partial charge in [0.05, 0.1) is 6.10 Å². The molecule has 0 spiro atoms. The van der Waals surface area contributed by atoms with Gasteiger partial charge in [-0.15, -0.1) is 0 Å². The van der Waals surface area contributed by atoms with Crippen molar-refractivity contribution in [3.63, 3.8) is 0 Å². The maximum atomic E-state index is 12.3. The largest absolute Gasteiger partial charge is 0.478 e. The number of carbonyl (C=O) groups excluding carboxylic acids is 1. The van der Waals surface area contributed by atoms with Gasteiger partial charge in [0.15, 0.2) is 5.60 Å². The van der Waals surface area contributed by atoms with E-state index in [2.05, 4.69) is 0 Å². The topological polar surface area (TPSA) is 49.8 Å². The maximum absolute atomic E-state index is 12.3. The standard InChI is InChI=1S/C14H18ClNO3/c1-14(2,13(18)16-8-7-11(17)9-16)19-12-5-3-10(15)4-6-12/h3-6,11,17H,7-9H2,1-2H3/t11-/m1/s1. The number of likely N-dealkylation sites (tertiary alicyclic amines) is 1. The second-order valence-electron chi connectivity index (χ2n) is 5.26. The summed E-state index contributed by atoms with van der Waals surface area (Å²) in [5.74, 6) is 0.487. The van der Waals surface area contributed by atoms with E-state index in [1.165, 1.54) is 0 Å². The molecule has 1 N–H and O–H groups in total. The molecular formula is C14H18ClNO3. The third-order valence-electron chi connectivity index (χ3n) is 3.15. The van der Waals surface area contributed by atoms with Crippen molar-refractivity contribution in [1.82, 2.24) is 4.90 Å². The molecule has 0 unspecified atom stereocenters. The van der Waals surface area contributed by atoms with Gasteiger partial charge >= 0.3 is 0 Å².